The lowest BCUT2D eigenvalue weighted by Gasteiger charge is -1.98. The Labute approximate surface area is 77.9 Å². The van der Waals surface area contributed by atoms with Crippen LogP contribution in [0.2, 0.25) is 0 Å². The Kier molecular flexibility index (Phi) is 2.76. The molecule has 0 saturated carbocycles. The average molecular weight is 199 g/mol. The SMILES string of the molecule is O=C(O)Cc1ccc([N+](=O)[O-])cc1F. The summed E-state index contributed by atoms with van der Waals surface area (Å²) in [4.78, 5) is 19.7. The van der Waals surface area contributed by atoms with Crippen molar-refractivity contribution in [3.8, 4) is 0 Å². The van der Waals surface area contributed by atoms with Gasteiger partial charge in [0.2, 0.25) is 0 Å². The molecule has 6 heteroatoms. The van der Waals surface area contributed by atoms with E-state index in [2.05, 4.69) is 0 Å². The van der Waals surface area contributed by atoms with Crippen molar-refractivity contribution in [3.05, 3.63) is 39.7 Å². The van der Waals surface area contributed by atoms with Crippen LogP contribution in [0.4, 0.5) is 10.1 Å². The van der Waals surface area contributed by atoms with Crippen LogP contribution in [0.25, 0.3) is 0 Å². The quantitative estimate of drug-likeness (QED) is 0.588. The zero-order chi connectivity index (χ0) is 10.7. The van der Waals surface area contributed by atoms with Crippen molar-refractivity contribution in [1.29, 1.82) is 0 Å². The Bertz CT molecular complexity index is 391. The molecule has 74 valence electrons. The standard InChI is InChI=1S/C8H6FNO4/c9-7-4-6(10(13)14)2-1-5(7)3-8(11)12/h1-2,4H,3H2,(H,11,12). The summed E-state index contributed by atoms with van der Waals surface area (Å²) < 4.78 is 13.0. The molecular formula is C8H6FNO4. The van der Waals surface area contributed by atoms with Crippen LogP contribution in [0.15, 0.2) is 18.2 Å². The van der Waals surface area contributed by atoms with Crippen molar-refractivity contribution in [2.75, 3.05) is 0 Å². The highest BCUT2D eigenvalue weighted by molar-refractivity contribution is 5.70. The van der Waals surface area contributed by atoms with Crippen molar-refractivity contribution in [3.63, 3.8) is 0 Å². The number of carboxylic acids is 1. The fraction of sp³-hybridized carbons (Fsp3) is 0.125. The van der Waals surface area contributed by atoms with Crippen molar-refractivity contribution in [1.82, 2.24) is 0 Å². The lowest BCUT2D eigenvalue weighted by atomic mass is 10.1. The number of benzene rings is 1. The second-order valence-corrected chi connectivity index (χ2v) is 2.60. The predicted octanol–water partition coefficient (Wildman–Crippen LogP) is 1.36. The van der Waals surface area contributed by atoms with Gasteiger partial charge in [0.1, 0.15) is 5.82 Å². The summed E-state index contributed by atoms with van der Waals surface area (Å²) in [6, 6.07) is 2.88. The Balaban J connectivity index is 3.01. The van der Waals surface area contributed by atoms with Crippen LogP contribution in [0.3, 0.4) is 0 Å². The number of carboxylic acid groups (broad SMARTS) is 1. The molecule has 0 aromatic heterocycles. The molecule has 1 aromatic carbocycles. The molecule has 0 fully saturated rings. The highest BCUT2D eigenvalue weighted by Crippen LogP contribution is 2.16. The summed E-state index contributed by atoms with van der Waals surface area (Å²) in [5, 5.41) is 18.6. The maximum Gasteiger partial charge on any atom is 0.307 e. The summed E-state index contributed by atoms with van der Waals surface area (Å²) >= 11 is 0. The third kappa shape index (κ3) is 2.25. The number of rotatable bonds is 3. The maximum atomic E-state index is 13.0. The summed E-state index contributed by atoms with van der Waals surface area (Å²) in [5.74, 6) is -2.06. The minimum absolute atomic E-state index is 0.0666. The topological polar surface area (TPSA) is 80.4 Å². The normalized spacial score (nSPS) is 9.79. The molecule has 0 radical (unpaired) electrons. The van der Waals surface area contributed by atoms with E-state index in [-0.39, 0.29) is 5.56 Å². The number of aliphatic carboxylic acids is 1. The van der Waals surface area contributed by atoms with E-state index in [0.717, 1.165) is 12.1 Å². The number of nitro groups is 1. The van der Waals surface area contributed by atoms with E-state index in [1.807, 2.05) is 0 Å². The molecule has 0 aliphatic rings. The van der Waals surface area contributed by atoms with Gasteiger partial charge in [-0.05, 0) is 11.6 Å². The molecule has 5 nitrogen and oxygen atoms in total. The third-order valence-electron chi connectivity index (χ3n) is 1.59. The van der Waals surface area contributed by atoms with Gasteiger partial charge >= 0.3 is 5.97 Å². The van der Waals surface area contributed by atoms with Crippen molar-refractivity contribution >= 4 is 11.7 Å². The van der Waals surface area contributed by atoms with Crippen LogP contribution >= 0.6 is 0 Å². The number of hydrogen-bond donors (Lipinski definition) is 1. The number of non-ortho nitro benzene ring substituents is 1. The Morgan fingerprint density at radius 1 is 1.57 bits per heavy atom. The van der Waals surface area contributed by atoms with Crippen LogP contribution < -0.4 is 0 Å². The van der Waals surface area contributed by atoms with E-state index < -0.39 is 28.8 Å². The highest BCUT2D eigenvalue weighted by Gasteiger charge is 2.12. The Morgan fingerprint density at radius 2 is 2.21 bits per heavy atom. The maximum absolute atomic E-state index is 13.0. The van der Waals surface area contributed by atoms with Gasteiger partial charge < -0.3 is 5.11 Å². The third-order valence-corrected chi connectivity index (χ3v) is 1.59. The molecule has 0 unspecified atom stereocenters. The van der Waals surface area contributed by atoms with Gasteiger partial charge in [0, 0.05) is 6.07 Å². The van der Waals surface area contributed by atoms with E-state index in [4.69, 9.17) is 5.11 Å². The Hall–Kier alpha value is -1.98. The first kappa shape index (κ1) is 10.1. The van der Waals surface area contributed by atoms with Gasteiger partial charge in [-0.1, -0.05) is 0 Å². The zero-order valence-corrected chi connectivity index (χ0v) is 6.94. The number of halogens is 1. The summed E-state index contributed by atoms with van der Waals surface area (Å²) in [6.07, 6.45) is -0.482. The number of carbonyl (C=O) groups is 1. The van der Waals surface area contributed by atoms with Gasteiger partial charge in [-0.15, -0.1) is 0 Å². The molecule has 1 N–H and O–H groups in total. The largest absolute Gasteiger partial charge is 0.481 e. The molecule has 0 aliphatic carbocycles. The van der Waals surface area contributed by atoms with Crippen LogP contribution in [0.5, 0.6) is 0 Å². The molecule has 1 aromatic rings. The first-order chi connectivity index (χ1) is 6.50. The van der Waals surface area contributed by atoms with Crippen LogP contribution in [0, 0.1) is 15.9 Å². The van der Waals surface area contributed by atoms with Gasteiger partial charge in [-0.25, -0.2) is 4.39 Å². The fourth-order valence-corrected chi connectivity index (χ4v) is 0.956. The first-order valence-corrected chi connectivity index (χ1v) is 3.65. The number of hydrogen-bond acceptors (Lipinski definition) is 3. The molecule has 1 rings (SSSR count). The van der Waals surface area contributed by atoms with Crippen molar-refractivity contribution in [2.24, 2.45) is 0 Å². The Morgan fingerprint density at radius 3 is 2.64 bits per heavy atom. The molecule has 0 aliphatic heterocycles. The number of nitrogens with zero attached hydrogens (tertiary/aromatic N) is 1. The smallest absolute Gasteiger partial charge is 0.307 e. The lowest BCUT2D eigenvalue weighted by Crippen LogP contribution is -2.02. The van der Waals surface area contributed by atoms with Gasteiger partial charge in [-0.2, -0.15) is 0 Å². The van der Waals surface area contributed by atoms with Crippen LogP contribution in [0.1, 0.15) is 5.56 Å². The van der Waals surface area contributed by atoms with Gasteiger partial charge in [0.25, 0.3) is 5.69 Å². The summed E-state index contributed by atoms with van der Waals surface area (Å²) in [7, 11) is 0. The van der Waals surface area contributed by atoms with E-state index >= 15 is 0 Å². The zero-order valence-electron chi connectivity index (χ0n) is 6.94. The molecule has 0 spiro atoms. The molecular weight excluding hydrogens is 193 g/mol. The lowest BCUT2D eigenvalue weighted by molar-refractivity contribution is -0.385. The fourth-order valence-electron chi connectivity index (χ4n) is 0.956. The molecule has 0 heterocycles. The predicted molar refractivity (Wildman–Crippen MR) is 44.4 cm³/mol. The summed E-state index contributed by atoms with van der Waals surface area (Å²) in [5.41, 5.74) is -0.459. The van der Waals surface area contributed by atoms with Crippen molar-refractivity contribution < 1.29 is 19.2 Å². The van der Waals surface area contributed by atoms with Crippen LogP contribution in [-0.2, 0) is 11.2 Å². The summed E-state index contributed by atoms with van der Waals surface area (Å²) in [6.45, 7) is 0. The molecule has 14 heavy (non-hydrogen) atoms. The molecule has 0 atom stereocenters. The number of nitro benzene ring substituents is 1. The van der Waals surface area contributed by atoms with E-state index in [0.29, 0.717) is 6.07 Å². The van der Waals surface area contributed by atoms with E-state index in [1.165, 1.54) is 0 Å². The average Bonchev–Trinajstić information content (AvgIpc) is 2.07. The molecule has 0 amide bonds. The molecule has 0 bridgehead atoms. The van der Waals surface area contributed by atoms with Crippen LogP contribution in [-0.4, -0.2) is 16.0 Å². The van der Waals surface area contributed by atoms with E-state index in [9.17, 15) is 19.3 Å². The van der Waals surface area contributed by atoms with Gasteiger partial charge in [0.05, 0.1) is 17.4 Å². The second-order valence-electron chi connectivity index (χ2n) is 2.60. The van der Waals surface area contributed by atoms with Gasteiger partial charge in [0.15, 0.2) is 0 Å². The minimum atomic E-state index is -1.18. The second kappa shape index (κ2) is 3.82. The minimum Gasteiger partial charge on any atom is -0.481 e. The molecule has 0 saturated heterocycles. The monoisotopic (exact) mass is 199 g/mol. The van der Waals surface area contributed by atoms with Crippen molar-refractivity contribution in [2.45, 2.75) is 6.42 Å². The first-order valence-electron chi connectivity index (χ1n) is 3.65. The highest BCUT2D eigenvalue weighted by atomic mass is 19.1. The van der Waals surface area contributed by atoms with E-state index in [1.54, 1.807) is 0 Å². The van der Waals surface area contributed by atoms with Gasteiger partial charge in [-0.3, -0.25) is 14.9 Å².